The highest BCUT2D eigenvalue weighted by molar-refractivity contribution is 5.78. The van der Waals surface area contributed by atoms with E-state index in [1.54, 1.807) is 0 Å². The van der Waals surface area contributed by atoms with Crippen LogP contribution in [0.25, 0.3) is 11.1 Å². The largest absolute Gasteiger partial charge is 0.439 e. The summed E-state index contributed by atoms with van der Waals surface area (Å²) in [6.45, 7) is 4.96. The quantitative estimate of drug-likeness (QED) is 0.899. The number of nitrogens with one attached hydrogen (secondary N) is 1. The van der Waals surface area contributed by atoms with Gasteiger partial charge in [0.1, 0.15) is 5.52 Å². The van der Waals surface area contributed by atoms with Gasteiger partial charge in [0.2, 0.25) is 11.8 Å². The molecule has 0 spiro atoms. The van der Waals surface area contributed by atoms with Crippen LogP contribution in [0, 0.1) is 0 Å². The van der Waals surface area contributed by atoms with Crippen LogP contribution in [0.2, 0.25) is 0 Å². The minimum atomic E-state index is 0.167. The summed E-state index contributed by atoms with van der Waals surface area (Å²) in [7, 11) is 0. The number of piperazine rings is 1. The summed E-state index contributed by atoms with van der Waals surface area (Å²) >= 11 is 0. The van der Waals surface area contributed by atoms with E-state index in [1.807, 2.05) is 24.3 Å². The average molecular weight is 314 g/mol. The van der Waals surface area contributed by atoms with Crippen LogP contribution in [0.15, 0.2) is 28.7 Å². The Bertz CT molecular complexity index is 654. The van der Waals surface area contributed by atoms with E-state index in [0.29, 0.717) is 12.6 Å². The van der Waals surface area contributed by atoms with E-state index in [9.17, 15) is 4.79 Å². The monoisotopic (exact) mass is 314 g/mol. The lowest BCUT2D eigenvalue weighted by atomic mass is 10.3. The Morgan fingerprint density at radius 3 is 2.65 bits per heavy atom. The third kappa shape index (κ3) is 3.71. The molecule has 1 saturated heterocycles. The maximum atomic E-state index is 11.8. The SMILES string of the molecule is O=C(CN1CCN(Cc2nc3ccccc3o2)CC1)NC1CC1. The van der Waals surface area contributed by atoms with Gasteiger partial charge >= 0.3 is 0 Å². The van der Waals surface area contributed by atoms with Crippen molar-refractivity contribution in [3.8, 4) is 0 Å². The van der Waals surface area contributed by atoms with E-state index in [0.717, 1.165) is 62.6 Å². The standard InChI is InChI=1S/C17H22N4O2/c22-16(18-13-5-6-13)11-20-7-9-21(10-8-20)12-17-19-14-3-1-2-4-15(14)23-17/h1-4,13H,5-12H2,(H,18,22). The molecule has 2 heterocycles. The minimum Gasteiger partial charge on any atom is -0.439 e. The van der Waals surface area contributed by atoms with Crippen LogP contribution in [-0.4, -0.2) is 59.5 Å². The maximum absolute atomic E-state index is 11.8. The smallest absolute Gasteiger partial charge is 0.234 e. The van der Waals surface area contributed by atoms with Crippen molar-refractivity contribution >= 4 is 17.0 Å². The van der Waals surface area contributed by atoms with E-state index in [-0.39, 0.29) is 5.91 Å². The minimum absolute atomic E-state index is 0.167. The number of hydrogen-bond donors (Lipinski definition) is 1. The van der Waals surface area contributed by atoms with E-state index in [4.69, 9.17) is 4.42 Å². The first-order chi connectivity index (χ1) is 11.3. The Kier molecular flexibility index (Phi) is 4.01. The van der Waals surface area contributed by atoms with Crippen molar-refractivity contribution in [1.82, 2.24) is 20.1 Å². The van der Waals surface area contributed by atoms with Crippen molar-refractivity contribution in [3.05, 3.63) is 30.2 Å². The fourth-order valence-corrected chi connectivity index (χ4v) is 2.99. The Hall–Kier alpha value is -1.92. The molecule has 0 bridgehead atoms. The van der Waals surface area contributed by atoms with Gasteiger partial charge in [-0.3, -0.25) is 14.6 Å². The second kappa shape index (κ2) is 6.29. The maximum Gasteiger partial charge on any atom is 0.234 e. The Morgan fingerprint density at radius 1 is 1.17 bits per heavy atom. The van der Waals surface area contributed by atoms with Crippen LogP contribution in [-0.2, 0) is 11.3 Å². The van der Waals surface area contributed by atoms with Gasteiger partial charge in [0.05, 0.1) is 13.1 Å². The number of carbonyl (C=O) groups is 1. The van der Waals surface area contributed by atoms with Crippen molar-refractivity contribution in [2.45, 2.75) is 25.4 Å². The Balaban J connectivity index is 1.26. The highest BCUT2D eigenvalue weighted by atomic mass is 16.3. The lowest BCUT2D eigenvalue weighted by molar-refractivity contribution is -0.122. The topological polar surface area (TPSA) is 61.6 Å². The van der Waals surface area contributed by atoms with Crippen molar-refractivity contribution < 1.29 is 9.21 Å². The molecule has 2 aliphatic rings. The van der Waals surface area contributed by atoms with Crippen LogP contribution in [0.4, 0.5) is 0 Å². The fourth-order valence-electron chi connectivity index (χ4n) is 2.99. The average Bonchev–Trinajstić information content (AvgIpc) is 3.25. The van der Waals surface area contributed by atoms with Gasteiger partial charge in [0.25, 0.3) is 0 Å². The lowest BCUT2D eigenvalue weighted by Gasteiger charge is -2.33. The molecule has 6 nitrogen and oxygen atoms in total. The molecule has 1 amide bonds. The van der Waals surface area contributed by atoms with Crippen LogP contribution in [0.3, 0.4) is 0 Å². The van der Waals surface area contributed by atoms with Crippen LogP contribution in [0.5, 0.6) is 0 Å². The highest BCUT2D eigenvalue weighted by Gasteiger charge is 2.25. The lowest BCUT2D eigenvalue weighted by Crippen LogP contribution is -2.49. The normalized spacial score (nSPS) is 20.0. The molecule has 6 heteroatoms. The van der Waals surface area contributed by atoms with Crippen LogP contribution < -0.4 is 5.32 Å². The Morgan fingerprint density at radius 2 is 1.91 bits per heavy atom. The number of amides is 1. The number of aromatic nitrogens is 1. The van der Waals surface area contributed by atoms with E-state index >= 15 is 0 Å². The van der Waals surface area contributed by atoms with Crippen molar-refractivity contribution in [2.24, 2.45) is 0 Å². The molecule has 4 rings (SSSR count). The van der Waals surface area contributed by atoms with Gasteiger partial charge < -0.3 is 9.73 Å². The summed E-state index contributed by atoms with van der Waals surface area (Å²) in [5.41, 5.74) is 1.76. The molecule has 0 radical (unpaired) electrons. The van der Waals surface area contributed by atoms with Gasteiger partial charge in [0, 0.05) is 32.2 Å². The number of benzene rings is 1. The van der Waals surface area contributed by atoms with Crippen molar-refractivity contribution in [1.29, 1.82) is 0 Å². The first kappa shape index (κ1) is 14.7. The van der Waals surface area contributed by atoms with Gasteiger partial charge in [-0.05, 0) is 25.0 Å². The molecular weight excluding hydrogens is 292 g/mol. The molecule has 23 heavy (non-hydrogen) atoms. The molecule has 1 saturated carbocycles. The number of para-hydroxylation sites is 2. The zero-order valence-corrected chi connectivity index (χ0v) is 13.2. The number of carbonyl (C=O) groups excluding carboxylic acids is 1. The van der Waals surface area contributed by atoms with Gasteiger partial charge in [0.15, 0.2) is 5.58 Å². The van der Waals surface area contributed by atoms with Crippen molar-refractivity contribution in [3.63, 3.8) is 0 Å². The zero-order valence-electron chi connectivity index (χ0n) is 13.2. The second-order valence-corrected chi connectivity index (χ2v) is 6.47. The summed E-state index contributed by atoms with van der Waals surface area (Å²) in [6.07, 6.45) is 2.29. The number of nitrogens with zero attached hydrogens (tertiary/aromatic N) is 3. The van der Waals surface area contributed by atoms with E-state index < -0.39 is 0 Å². The van der Waals surface area contributed by atoms with Gasteiger partial charge in [-0.15, -0.1) is 0 Å². The van der Waals surface area contributed by atoms with Gasteiger partial charge in [-0.2, -0.15) is 0 Å². The highest BCUT2D eigenvalue weighted by Crippen LogP contribution is 2.19. The van der Waals surface area contributed by atoms with Crippen LogP contribution in [0.1, 0.15) is 18.7 Å². The van der Waals surface area contributed by atoms with Gasteiger partial charge in [-0.1, -0.05) is 12.1 Å². The van der Waals surface area contributed by atoms with Crippen molar-refractivity contribution in [2.75, 3.05) is 32.7 Å². The summed E-state index contributed by atoms with van der Waals surface area (Å²) < 4.78 is 5.78. The molecule has 1 aromatic heterocycles. The fraction of sp³-hybridized carbons (Fsp3) is 0.529. The Labute approximate surface area is 135 Å². The summed E-state index contributed by atoms with van der Waals surface area (Å²) in [5, 5.41) is 3.05. The summed E-state index contributed by atoms with van der Waals surface area (Å²) in [6, 6.07) is 8.30. The molecule has 1 N–H and O–H groups in total. The van der Waals surface area contributed by atoms with Crippen LogP contribution >= 0.6 is 0 Å². The first-order valence-corrected chi connectivity index (χ1v) is 8.35. The first-order valence-electron chi connectivity index (χ1n) is 8.35. The molecular formula is C17H22N4O2. The molecule has 2 aromatic rings. The predicted octanol–water partition coefficient (Wildman–Crippen LogP) is 1.22. The van der Waals surface area contributed by atoms with Gasteiger partial charge in [-0.25, -0.2) is 4.98 Å². The molecule has 0 unspecified atom stereocenters. The molecule has 1 aliphatic heterocycles. The third-order valence-electron chi connectivity index (χ3n) is 4.47. The molecule has 122 valence electrons. The number of fused-ring (bicyclic) bond motifs is 1. The molecule has 1 aliphatic carbocycles. The number of rotatable bonds is 5. The molecule has 0 atom stereocenters. The third-order valence-corrected chi connectivity index (χ3v) is 4.47. The molecule has 2 fully saturated rings. The number of hydrogen-bond acceptors (Lipinski definition) is 5. The predicted molar refractivity (Wildman–Crippen MR) is 86.9 cm³/mol. The second-order valence-electron chi connectivity index (χ2n) is 6.47. The zero-order chi connectivity index (χ0) is 15.6. The number of oxazole rings is 1. The summed E-state index contributed by atoms with van der Waals surface area (Å²) in [4.78, 5) is 20.9. The van der Waals surface area contributed by atoms with E-state index in [1.165, 1.54) is 0 Å². The van der Waals surface area contributed by atoms with E-state index in [2.05, 4.69) is 20.1 Å². The molecule has 1 aromatic carbocycles. The summed E-state index contributed by atoms with van der Waals surface area (Å²) in [5.74, 6) is 0.936.